The fraction of sp³-hybridized carbons (Fsp3) is 0.772. The number of ether oxygens (including phenoxy) is 5. The maximum Gasteiger partial charge on any atom is 0.350 e. The molecule has 476 valence electrons. The Bertz CT molecular complexity index is 2930. The summed E-state index contributed by atoms with van der Waals surface area (Å²) in [6.07, 6.45) is 27.9. The molecule has 3 spiro atoms. The molecule has 10 rings (SSSR count). The number of nitrogens with two attached hydrogens (primary N) is 2. The summed E-state index contributed by atoms with van der Waals surface area (Å²) >= 11 is 5.92. The second-order valence-electron chi connectivity index (χ2n) is 26.6. The van der Waals surface area contributed by atoms with E-state index in [1.807, 2.05) is 6.92 Å². The quantitative estimate of drug-likeness (QED) is 0.0187. The third kappa shape index (κ3) is 17.9. The fourth-order valence-corrected chi connectivity index (χ4v) is 15.8. The maximum absolute atomic E-state index is 14.8. The highest BCUT2D eigenvalue weighted by Gasteiger charge is 2.47. The molecule has 0 amide bonds. The lowest BCUT2D eigenvalue weighted by Crippen LogP contribution is -2.55. The van der Waals surface area contributed by atoms with E-state index >= 15 is 0 Å². The number of halogens is 1. The Morgan fingerprint density at radius 3 is 1.22 bits per heavy atom. The van der Waals surface area contributed by atoms with Crippen molar-refractivity contribution in [3.63, 3.8) is 0 Å². The van der Waals surface area contributed by atoms with E-state index in [9.17, 15) is 23.5 Å². The number of nitrogens with one attached hydrogen (secondary N) is 2. The third-order valence-electron chi connectivity index (χ3n) is 18.3. The molecule has 28 heteroatoms. The molecule has 85 heavy (non-hydrogen) atoms. The van der Waals surface area contributed by atoms with E-state index in [0.29, 0.717) is 51.7 Å². The Kier molecular flexibility index (Phi) is 22.1. The van der Waals surface area contributed by atoms with Gasteiger partial charge in [0.05, 0.1) is 38.0 Å². The minimum atomic E-state index is -4.16. The van der Waals surface area contributed by atoms with Crippen LogP contribution in [0.2, 0.25) is 0 Å². The molecule has 0 unspecified atom stereocenters. The molecule has 0 aliphatic heterocycles. The van der Waals surface area contributed by atoms with E-state index in [1.54, 1.807) is 63.9 Å². The molecule has 6 aliphatic carbocycles. The van der Waals surface area contributed by atoms with Crippen LogP contribution in [-0.4, -0.2) is 126 Å². The van der Waals surface area contributed by atoms with Gasteiger partial charge in [-0.05, 0) is 187 Å². The molecule has 4 aromatic rings. The fourth-order valence-electron chi connectivity index (χ4n) is 12.7. The van der Waals surface area contributed by atoms with Crippen LogP contribution in [0.15, 0.2) is 25.3 Å². The Morgan fingerprint density at radius 2 is 0.918 bits per heavy atom. The van der Waals surface area contributed by atoms with Crippen molar-refractivity contribution in [1.29, 1.82) is 0 Å². The molecule has 0 radical (unpaired) electrons. The molecular weight excluding hydrogens is 1160 g/mol. The zero-order valence-electron chi connectivity index (χ0n) is 51.1. The zero-order chi connectivity index (χ0) is 60.9. The molecule has 4 heterocycles. The van der Waals surface area contributed by atoms with Crippen molar-refractivity contribution in [1.82, 2.24) is 55.4 Å². The first-order valence-corrected chi connectivity index (χ1v) is 34.1. The van der Waals surface area contributed by atoms with Crippen LogP contribution in [0.1, 0.15) is 190 Å². The van der Waals surface area contributed by atoms with Gasteiger partial charge in [0.25, 0.3) is 0 Å². The minimum absolute atomic E-state index is 0. The molecular formula is C57H94ClN13O12P2. The molecule has 0 aromatic carbocycles. The highest BCUT2D eigenvalue weighted by atomic mass is 35.5. The van der Waals surface area contributed by atoms with E-state index < -0.39 is 61.5 Å². The van der Waals surface area contributed by atoms with E-state index in [1.165, 1.54) is 89.6 Å². The van der Waals surface area contributed by atoms with Crippen molar-refractivity contribution in [2.75, 3.05) is 24.2 Å². The number of imidazole rings is 2. The second kappa shape index (κ2) is 27.5. The average Bonchev–Trinajstić information content (AvgIpc) is 2.47. The van der Waals surface area contributed by atoms with Crippen LogP contribution in [0.3, 0.4) is 0 Å². The first-order chi connectivity index (χ1) is 39.4. The van der Waals surface area contributed by atoms with Gasteiger partial charge in [0.15, 0.2) is 22.9 Å². The van der Waals surface area contributed by atoms with Gasteiger partial charge in [-0.3, -0.25) is 23.5 Å². The Morgan fingerprint density at radius 1 is 0.588 bits per heavy atom. The predicted molar refractivity (Wildman–Crippen MR) is 323 cm³/mol. The molecule has 6 saturated carbocycles. The number of fused-ring (bicyclic) bond motifs is 2. The van der Waals surface area contributed by atoms with Crippen LogP contribution in [-0.2, 0) is 60.3 Å². The van der Waals surface area contributed by atoms with Crippen molar-refractivity contribution in [2.24, 2.45) is 16.2 Å². The van der Waals surface area contributed by atoms with Crippen molar-refractivity contribution < 1.29 is 57.0 Å². The maximum atomic E-state index is 14.8. The Labute approximate surface area is 504 Å². The van der Waals surface area contributed by atoms with Gasteiger partial charge in [0, 0.05) is 0 Å². The van der Waals surface area contributed by atoms with Gasteiger partial charge >= 0.3 is 25.5 Å². The smallest absolute Gasteiger partial charge is 0.350 e. The predicted octanol–water partition coefficient (Wildman–Crippen LogP) is 9.78. The molecule has 2 atom stereocenters. The number of nitrogen functional groups attached to an aromatic ring is 2. The number of hydrogen-bond acceptors (Lipinski definition) is 19. The summed E-state index contributed by atoms with van der Waals surface area (Å²) in [5, 5.41) is 6.14. The molecule has 6 fully saturated rings. The number of nitrogens with zero attached hydrogens (tertiary/aromatic N) is 8. The van der Waals surface area contributed by atoms with Crippen LogP contribution in [0.25, 0.3) is 22.3 Å². The summed E-state index contributed by atoms with van der Waals surface area (Å²) in [7, 11) is -7.96. The van der Waals surface area contributed by atoms with Gasteiger partial charge in [0.2, 0.25) is 7.44 Å². The summed E-state index contributed by atoms with van der Waals surface area (Å²) in [5.41, 5.74) is 12.6. The Balaban J connectivity index is 0.000000233. The van der Waals surface area contributed by atoms with E-state index in [4.69, 9.17) is 56.5 Å². The number of hydrogen-bond donors (Lipinski definition) is 7. The lowest BCUT2D eigenvalue weighted by atomic mass is 9.60. The lowest BCUT2D eigenvalue weighted by Gasteiger charge is -2.47. The van der Waals surface area contributed by atoms with Crippen molar-refractivity contribution in [3.05, 3.63) is 25.3 Å². The van der Waals surface area contributed by atoms with Crippen LogP contribution in [0.5, 0.6) is 0 Å². The van der Waals surface area contributed by atoms with Crippen molar-refractivity contribution in [2.45, 2.75) is 250 Å². The molecule has 11 N–H and O–H groups in total. The van der Waals surface area contributed by atoms with Crippen LogP contribution < -0.4 is 27.8 Å². The second-order valence-corrected chi connectivity index (χ2v) is 31.3. The van der Waals surface area contributed by atoms with Crippen LogP contribution in [0, 0.1) is 16.2 Å². The molecule has 4 aromatic heterocycles. The normalized spacial score (nSPS) is 22.4. The summed E-state index contributed by atoms with van der Waals surface area (Å²) in [4.78, 5) is 80.0. The number of alkyl halides is 1. The average molecular weight is 1250 g/mol. The van der Waals surface area contributed by atoms with Gasteiger partial charge in [-0.1, -0.05) is 19.3 Å². The number of carbonyl (C=O) groups excluding carboxylic acids is 3. The van der Waals surface area contributed by atoms with Crippen molar-refractivity contribution in [3.8, 4) is 0 Å². The van der Waals surface area contributed by atoms with Gasteiger partial charge in [-0.15, -0.1) is 11.6 Å². The number of aromatic nitrogens is 8. The summed E-state index contributed by atoms with van der Waals surface area (Å²) in [6.45, 7) is 14.3. The zero-order valence-corrected chi connectivity index (χ0v) is 53.6. The Hall–Kier alpha value is -4.42. The number of esters is 3. The van der Waals surface area contributed by atoms with Crippen molar-refractivity contribution >= 4 is 78.5 Å². The lowest BCUT2D eigenvalue weighted by molar-refractivity contribution is -0.159. The molecule has 25 nitrogen and oxygen atoms in total. The summed E-state index contributed by atoms with van der Waals surface area (Å²) in [5.74, 6) is -0.667. The monoisotopic (exact) mass is 1250 g/mol. The third-order valence-corrected chi connectivity index (χ3v) is 21.3. The summed E-state index contributed by atoms with van der Waals surface area (Å²) in [6, 6.07) is 0. The highest BCUT2D eigenvalue weighted by molar-refractivity contribution is 7.59. The van der Waals surface area contributed by atoms with Gasteiger partial charge in [-0.2, -0.15) is 0 Å². The largest absolute Gasteiger partial charge is 0.461 e. The first-order valence-electron chi connectivity index (χ1n) is 30.0. The SMILES string of the molecule is CC(C)(Cl)C(=O)OC1CCC2(CCC2)CC1.C[C@H](Cn1cnc2c(N)ncnc21)OCP(=O)(NC(C)(C)C(=O)OC1CCC2(CCC2)CC1)NC(C)(C)C(=O)OC1CCC2(CCC2)CC1.C[C@H](Cn1cnc2c(N)ncnc21)OCP(=O)(O)O.N. The van der Waals surface area contributed by atoms with Gasteiger partial charge < -0.3 is 60.2 Å². The standard InChI is InChI=1S/C35H56N7O6P.C13H21ClO2.C9H14N5O4P.H3N/c1-24(20-42-22-39-27-28(36)37-21-38-29(27)42)46-23-49(45,40-32(2,3)30(43)47-25-8-16-34(17-9-25)12-6-13-34)41-33(4,5)31(44)48-26-10-18-35(19-11-26)14-7-15-35;1-12(2,14)11(15)16-10-4-8-13(9-5-10)6-3-7-13;1-6(18-5-19(15,16)17)2-14-4-13-7-8(10)11-3-12-9(7)14;/h21-22,24-26H,6-20,23H2,1-5H3,(H2,36,37,38)(H2,40,41,45);10H,3-9H2,1-2H3;3-4,6H,2,5H2,1H3,(H2,10,11,12)(H2,15,16,17);1H3/t24-;;6-;/m1.1./s1. The summed E-state index contributed by atoms with van der Waals surface area (Å²) < 4.78 is 57.7. The van der Waals surface area contributed by atoms with Crippen LogP contribution >= 0.6 is 26.6 Å². The number of carbonyl (C=O) groups is 3. The molecule has 6 aliphatic rings. The van der Waals surface area contributed by atoms with Gasteiger partial charge in [0.1, 0.15) is 70.6 Å². The van der Waals surface area contributed by atoms with Gasteiger partial charge in [-0.25, -0.2) is 40.1 Å². The first kappa shape index (κ1) is 68.1. The van der Waals surface area contributed by atoms with E-state index in [0.717, 1.165) is 64.2 Å². The molecule has 0 bridgehead atoms. The van der Waals surface area contributed by atoms with E-state index in [-0.39, 0.29) is 48.4 Å². The topological polar surface area (TPSA) is 370 Å². The van der Waals surface area contributed by atoms with Crippen LogP contribution in [0.4, 0.5) is 11.6 Å². The minimum Gasteiger partial charge on any atom is -0.461 e. The molecule has 0 saturated heterocycles. The number of anilines is 2. The van der Waals surface area contributed by atoms with E-state index in [2.05, 4.69) is 40.1 Å². The number of rotatable bonds is 20. The highest BCUT2D eigenvalue weighted by Crippen LogP contribution is 2.54.